The maximum Gasteiger partial charge on any atom is 0.234 e. The van der Waals surface area contributed by atoms with Gasteiger partial charge in [0, 0.05) is 50.2 Å². The predicted octanol–water partition coefficient (Wildman–Crippen LogP) is 2.45. The number of amides is 1. The van der Waals surface area contributed by atoms with E-state index >= 15 is 0 Å². The molecule has 0 unspecified atom stereocenters. The van der Waals surface area contributed by atoms with E-state index in [1.165, 1.54) is 5.56 Å². The van der Waals surface area contributed by atoms with Crippen LogP contribution in [0, 0.1) is 0 Å². The highest BCUT2D eigenvalue weighted by Gasteiger charge is 2.19. The molecule has 5 nitrogen and oxygen atoms in total. The third kappa shape index (κ3) is 5.36. The minimum Gasteiger partial charge on any atom is -0.355 e. The fourth-order valence-corrected chi connectivity index (χ4v) is 3.77. The highest BCUT2D eigenvalue weighted by atomic mass is 32.1. The molecule has 3 rings (SSSR count). The van der Waals surface area contributed by atoms with Crippen molar-refractivity contribution in [2.75, 3.05) is 39.3 Å². The van der Waals surface area contributed by atoms with Crippen LogP contribution in [0.1, 0.15) is 19.0 Å². The summed E-state index contributed by atoms with van der Waals surface area (Å²) in [7, 11) is 0. The number of rotatable bonds is 7. The largest absolute Gasteiger partial charge is 0.355 e. The van der Waals surface area contributed by atoms with E-state index in [2.05, 4.69) is 39.6 Å². The first-order valence-electron chi connectivity index (χ1n) is 8.96. The van der Waals surface area contributed by atoms with Crippen LogP contribution in [-0.4, -0.2) is 60.0 Å². The lowest BCUT2D eigenvalue weighted by Crippen LogP contribution is -2.49. The van der Waals surface area contributed by atoms with Gasteiger partial charge in [-0.15, -0.1) is 11.3 Å². The van der Waals surface area contributed by atoms with E-state index in [1.807, 2.05) is 18.2 Å². The Balaban J connectivity index is 1.45. The second-order valence-electron chi connectivity index (χ2n) is 6.41. The summed E-state index contributed by atoms with van der Waals surface area (Å²) in [5.41, 5.74) is 2.32. The van der Waals surface area contributed by atoms with Crippen LogP contribution in [0.25, 0.3) is 10.6 Å². The van der Waals surface area contributed by atoms with Gasteiger partial charge in [0.15, 0.2) is 0 Å². The maximum atomic E-state index is 11.8. The van der Waals surface area contributed by atoms with E-state index in [4.69, 9.17) is 4.98 Å². The van der Waals surface area contributed by atoms with Crippen LogP contribution < -0.4 is 5.32 Å². The summed E-state index contributed by atoms with van der Waals surface area (Å²) in [6, 6.07) is 10.3. The quantitative estimate of drug-likeness (QED) is 0.826. The number of nitrogens with one attached hydrogen (secondary N) is 1. The number of hydrogen-bond acceptors (Lipinski definition) is 5. The molecule has 0 bridgehead atoms. The Hall–Kier alpha value is -1.76. The van der Waals surface area contributed by atoms with Crippen LogP contribution >= 0.6 is 11.3 Å². The average molecular weight is 359 g/mol. The second-order valence-corrected chi connectivity index (χ2v) is 7.27. The first-order valence-corrected chi connectivity index (χ1v) is 9.84. The van der Waals surface area contributed by atoms with E-state index in [1.54, 1.807) is 11.3 Å². The van der Waals surface area contributed by atoms with Crippen molar-refractivity contribution in [3.05, 3.63) is 41.4 Å². The van der Waals surface area contributed by atoms with Crippen molar-refractivity contribution in [1.29, 1.82) is 0 Å². The molecule has 0 aliphatic carbocycles. The van der Waals surface area contributed by atoms with Gasteiger partial charge in [-0.2, -0.15) is 0 Å². The molecule has 2 aromatic rings. The molecular weight excluding hydrogens is 332 g/mol. The third-order valence-corrected chi connectivity index (χ3v) is 5.30. The Labute approximate surface area is 153 Å². The van der Waals surface area contributed by atoms with E-state index in [9.17, 15) is 4.79 Å². The van der Waals surface area contributed by atoms with Gasteiger partial charge < -0.3 is 5.32 Å². The Morgan fingerprint density at radius 1 is 1.16 bits per heavy atom. The lowest BCUT2D eigenvalue weighted by Gasteiger charge is -2.33. The number of carbonyl (C=O) groups is 1. The summed E-state index contributed by atoms with van der Waals surface area (Å²) in [5.74, 6) is 0.141. The van der Waals surface area contributed by atoms with Gasteiger partial charge in [-0.3, -0.25) is 14.6 Å². The molecule has 6 heteroatoms. The summed E-state index contributed by atoms with van der Waals surface area (Å²) in [5, 5.41) is 6.19. The van der Waals surface area contributed by atoms with Gasteiger partial charge in [0.1, 0.15) is 5.01 Å². The molecular formula is C19H26N4OS. The average Bonchev–Trinajstić information content (AvgIpc) is 3.11. The van der Waals surface area contributed by atoms with Gasteiger partial charge in [0.05, 0.1) is 12.2 Å². The Kier molecular flexibility index (Phi) is 6.55. The summed E-state index contributed by atoms with van der Waals surface area (Å²) in [6.07, 6.45) is 0.984. The fraction of sp³-hybridized carbons (Fsp3) is 0.474. The molecule has 1 aromatic heterocycles. The van der Waals surface area contributed by atoms with E-state index in [0.29, 0.717) is 6.54 Å². The molecule has 1 aliphatic rings. The monoisotopic (exact) mass is 358 g/mol. The van der Waals surface area contributed by atoms with Crippen LogP contribution in [0.5, 0.6) is 0 Å². The van der Waals surface area contributed by atoms with Gasteiger partial charge >= 0.3 is 0 Å². The van der Waals surface area contributed by atoms with Crippen molar-refractivity contribution >= 4 is 17.2 Å². The number of thiazole rings is 1. The predicted molar refractivity (Wildman–Crippen MR) is 103 cm³/mol. The standard InChI is InChI=1S/C19H26N4OS/c1-2-8-20-18(24)14-23-11-9-22(10-12-23)13-17-15-25-19(21-17)16-6-4-3-5-7-16/h3-7,15H,2,8-14H2,1H3,(H,20,24). The van der Waals surface area contributed by atoms with Crippen LogP contribution in [0.3, 0.4) is 0 Å². The number of carbonyl (C=O) groups excluding carboxylic acids is 1. The van der Waals surface area contributed by atoms with Crippen LogP contribution in [-0.2, 0) is 11.3 Å². The first kappa shape index (κ1) is 18.0. The number of nitrogens with zero attached hydrogens (tertiary/aromatic N) is 3. The zero-order chi connectivity index (χ0) is 17.5. The molecule has 1 amide bonds. The number of benzene rings is 1. The van der Waals surface area contributed by atoms with Gasteiger partial charge in [0.25, 0.3) is 0 Å². The fourth-order valence-electron chi connectivity index (χ4n) is 2.95. The van der Waals surface area contributed by atoms with Crippen LogP contribution in [0.4, 0.5) is 0 Å². The Morgan fingerprint density at radius 3 is 2.60 bits per heavy atom. The molecule has 0 saturated carbocycles. The van der Waals surface area contributed by atoms with Crippen molar-refractivity contribution in [1.82, 2.24) is 20.1 Å². The summed E-state index contributed by atoms with van der Waals surface area (Å²) in [6.45, 7) is 8.10. The minimum absolute atomic E-state index is 0.141. The first-order chi connectivity index (χ1) is 12.2. The lowest BCUT2D eigenvalue weighted by molar-refractivity contribution is -0.122. The molecule has 1 aliphatic heterocycles. The molecule has 1 N–H and O–H groups in total. The molecule has 1 aromatic carbocycles. The van der Waals surface area contributed by atoms with E-state index in [-0.39, 0.29) is 5.91 Å². The normalized spacial score (nSPS) is 16.0. The summed E-state index contributed by atoms with van der Waals surface area (Å²) < 4.78 is 0. The maximum absolute atomic E-state index is 11.8. The van der Waals surface area contributed by atoms with E-state index in [0.717, 1.165) is 56.4 Å². The zero-order valence-electron chi connectivity index (χ0n) is 14.8. The van der Waals surface area contributed by atoms with Crippen LogP contribution in [0.15, 0.2) is 35.7 Å². The van der Waals surface area contributed by atoms with Gasteiger partial charge in [-0.25, -0.2) is 4.98 Å². The van der Waals surface area contributed by atoms with Crippen molar-refractivity contribution < 1.29 is 4.79 Å². The van der Waals surface area contributed by atoms with Crippen molar-refractivity contribution in [3.8, 4) is 10.6 Å². The highest BCUT2D eigenvalue weighted by Crippen LogP contribution is 2.24. The molecule has 134 valence electrons. The van der Waals surface area contributed by atoms with E-state index < -0.39 is 0 Å². The molecule has 0 spiro atoms. The third-order valence-electron chi connectivity index (χ3n) is 4.36. The minimum atomic E-state index is 0.141. The summed E-state index contributed by atoms with van der Waals surface area (Å²) in [4.78, 5) is 21.2. The Morgan fingerprint density at radius 2 is 1.88 bits per heavy atom. The summed E-state index contributed by atoms with van der Waals surface area (Å²) >= 11 is 1.71. The molecule has 2 heterocycles. The smallest absolute Gasteiger partial charge is 0.234 e. The molecule has 0 radical (unpaired) electrons. The highest BCUT2D eigenvalue weighted by molar-refractivity contribution is 7.13. The second kappa shape index (κ2) is 9.08. The SMILES string of the molecule is CCCNC(=O)CN1CCN(Cc2csc(-c3ccccc3)n2)CC1. The van der Waals surface area contributed by atoms with Crippen molar-refractivity contribution in [2.24, 2.45) is 0 Å². The zero-order valence-corrected chi connectivity index (χ0v) is 15.6. The molecule has 0 atom stereocenters. The van der Waals surface area contributed by atoms with Gasteiger partial charge in [-0.05, 0) is 6.42 Å². The number of hydrogen-bond donors (Lipinski definition) is 1. The lowest BCUT2D eigenvalue weighted by atomic mass is 10.2. The molecule has 1 saturated heterocycles. The Bertz CT molecular complexity index is 665. The topological polar surface area (TPSA) is 48.5 Å². The number of piperazine rings is 1. The van der Waals surface area contributed by atoms with Crippen molar-refractivity contribution in [3.63, 3.8) is 0 Å². The van der Waals surface area contributed by atoms with Gasteiger partial charge in [-0.1, -0.05) is 37.3 Å². The van der Waals surface area contributed by atoms with Gasteiger partial charge in [0.2, 0.25) is 5.91 Å². The molecule has 25 heavy (non-hydrogen) atoms. The van der Waals surface area contributed by atoms with Crippen molar-refractivity contribution in [2.45, 2.75) is 19.9 Å². The van der Waals surface area contributed by atoms with Crippen LogP contribution in [0.2, 0.25) is 0 Å². The number of aromatic nitrogens is 1. The molecule has 1 fully saturated rings.